The Balaban J connectivity index is 1.40. The standard InChI is InChI=1S/C24H24N2O6S/c1-25(16-20-8-5-15-31-20)23(27)17-32-24(28)19-10-12-21(13-11-19)33(29,30)26-14-4-7-18-6-2-3-9-22(18)26/h2-3,5-6,8-13,15H,4,7,14,16-17H2,1H3. The van der Waals surface area contributed by atoms with Crippen LogP contribution < -0.4 is 4.31 Å². The fourth-order valence-corrected chi connectivity index (χ4v) is 5.23. The molecule has 0 saturated heterocycles. The Labute approximate surface area is 192 Å². The molecule has 1 aliphatic rings. The molecule has 0 bridgehead atoms. The zero-order valence-corrected chi connectivity index (χ0v) is 19.0. The molecule has 0 N–H and O–H groups in total. The number of esters is 1. The minimum absolute atomic E-state index is 0.0880. The molecule has 9 heteroatoms. The van der Waals surface area contributed by atoms with Crippen LogP contribution in [0.15, 0.2) is 76.2 Å². The molecule has 0 atom stereocenters. The number of para-hydroxylation sites is 1. The van der Waals surface area contributed by atoms with Gasteiger partial charge in [0, 0.05) is 13.6 Å². The Kier molecular flexibility index (Phi) is 6.50. The second-order valence-electron chi connectivity index (χ2n) is 7.74. The number of aryl methyl sites for hydroxylation is 1. The second kappa shape index (κ2) is 9.50. The largest absolute Gasteiger partial charge is 0.467 e. The third-order valence-corrected chi connectivity index (χ3v) is 7.30. The Bertz CT molecular complexity index is 1240. The van der Waals surface area contributed by atoms with Crippen molar-refractivity contribution >= 4 is 27.6 Å². The van der Waals surface area contributed by atoms with E-state index in [1.54, 1.807) is 25.2 Å². The molecule has 0 radical (unpaired) electrons. The van der Waals surface area contributed by atoms with Gasteiger partial charge >= 0.3 is 5.97 Å². The molecule has 8 nitrogen and oxygen atoms in total. The van der Waals surface area contributed by atoms with Gasteiger partial charge in [-0.05, 0) is 60.9 Å². The first-order valence-electron chi connectivity index (χ1n) is 10.5. The SMILES string of the molecule is CN(Cc1ccco1)C(=O)COC(=O)c1ccc(S(=O)(=O)N2CCCc3ccccc32)cc1. The van der Waals surface area contributed by atoms with Crippen molar-refractivity contribution in [2.75, 3.05) is 24.5 Å². The predicted molar refractivity (Wildman–Crippen MR) is 121 cm³/mol. The number of furan rings is 1. The summed E-state index contributed by atoms with van der Waals surface area (Å²) in [5.41, 5.74) is 1.84. The number of likely N-dealkylation sites (N-methyl/N-ethyl adjacent to an activating group) is 1. The number of hydrogen-bond donors (Lipinski definition) is 0. The third-order valence-electron chi connectivity index (χ3n) is 5.47. The van der Waals surface area contributed by atoms with E-state index in [1.165, 1.54) is 39.7 Å². The highest BCUT2D eigenvalue weighted by atomic mass is 32.2. The number of rotatable bonds is 7. The average molecular weight is 469 g/mol. The zero-order chi connectivity index (χ0) is 23.4. The van der Waals surface area contributed by atoms with Crippen LogP contribution in [0.5, 0.6) is 0 Å². The number of anilines is 1. The summed E-state index contributed by atoms with van der Waals surface area (Å²) >= 11 is 0. The Morgan fingerprint density at radius 1 is 1.06 bits per heavy atom. The first kappa shape index (κ1) is 22.6. The van der Waals surface area contributed by atoms with Crippen molar-refractivity contribution in [2.24, 2.45) is 0 Å². The lowest BCUT2D eigenvalue weighted by atomic mass is 10.0. The number of amides is 1. The molecule has 0 fully saturated rings. The summed E-state index contributed by atoms with van der Waals surface area (Å²) in [6.07, 6.45) is 3.09. The van der Waals surface area contributed by atoms with Crippen molar-refractivity contribution in [2.45, 2.75) is 24.3 Å². The van der Waals surface area contributed by atoms with Gasteiger partial charge in [0.2, 0.25) is 0 Å². The summed E-state index contributed by atoms with van der Waals surface area (Å²) in [5.74, 6) is -0.477. The topological polar surface area (TPSA) is 97.1 Å². The summed E-state index contributed by atoms with van der Waals surface area (Å²) in [6.45, 7) is 0.229. The molecule has 2 heterocycles. The highest BCUT2D eigenvalue weighted by Gasteiger charge is 2.29. The minimum Gasteiger partial charge on any atom is -0.467 e. The fraction of sp³-hybridized carbons (Fsp3) is 0.250. The normalized spacial score (nSPS) is 13.3. The van der Waals surface area contributed by atoms with Crippen LogP contribution in [0.2, 0.25) is 0 Å². The fourth-order valence-electron chi connectivity index (χ4n) is 3.68. The molecule has 1 aliphatic heterocycles. The van der Waals surface area contributed by atoms with Gasteiger partial charge in [-0.25, -0.2) is 13.2 Å². The summed E-state index contributed by atoms with van der Waals surface area (Å²) in [6, 6.07) is 16.5. The van der Waals surface area contributed by atoms with Crippen LogP contribution in [0, 0.1) is 0 Å². The van der Waals surface area contributed by atoms with Crippen LogP contribution >= 0.6 is 0 Å². The number of carbonyl (C=O) groups excluding carboxylic acids is 2. The smallest absolute Gasteiger partial charge is 0.338 e. The zero-order valence-electron chi connectivity index (χ0n) is 18.1. The van der Waals surface area contributed by atoms with Crippen LogP contribution in [-0.4, -0.2) is 45.4 Å². The van der Waals surface area contributed by atoms with Gasteiger partial charge in [0.15, 0.2) is 6.61 Å². The summed E-state index contributed by atoms with van der Waals surface area (Å²) in [4.78, 5) is 26.0. The first-order valence-corrected chi connectivity index (χ1v) is 11.9. The van der Waals surface area contributed by atoms with Gasteiger partial charge in [0.25, 0.3) is 15.9 Å². The van der Waals surface area contributed by atoms with Crippen LogP contribution in [0.1, 0.15) is 28.1 Å². The number of ether oxygens (including phenoxy) is 1. The molecule has 0 saturated carbocycles. The van der Waals surface area contributed by atoms with E-state index < -0.39 is 22.6 Å². The van der Waals surface area contributed by atoms with E-state index in [0.29, 0.717) is 18.0 Å². The lowest BCUT2D eigenvalue weighted by Crippen LogP contribution is -2.35. The van der Waals surface area contributed by atoms with Crippen molar-refractivity contribution in [3.63, 3.8) is 0 Å². The molecule has 0 unspecified atom stereocenters. The van der Waals surface area contributed by atoms with Gasteiger partial charge in [0.1, 0.15) is 5.76 Å². The van der Waals surface area contributed by atoms with Gasteiger partial charge < -0.3 is 14.1 Å². The van der Waals surface area contributed by atoms with E-state index in [1.807, 2.05) is 18.2 Å². The maximum absolute atomic E-state index is 13.2. The monoisotopic (exact) mass is 468 g/mol. The number of hydrogen-bond acceptors (Lipinski definition) is 6. The van der Waals surface area contributed by atoms with Gasteiger partial charge in [-0.3, -0.25) is 9.10 Å². The van der Waals surface area contributed by atoms with Crippen molar-refractivity contribution in [1.29, 1.82) is 0 Å². The molecular weight excluding hydrogens is 444 g/mol. The number of sulfonamides is 1. The molecule has 1 amide bonds. The van der Waals surface area contributed by atoms with Gasteiger partial charge in [-0.1, -0.05) is 18.2 Å². The van der Waals surface area contributed by atoms with Crippen molar-refractivity contribution in [3.05, 3.63) is 83.8 Å². The molecule has 0 aliphatic carbocycles. The lowest BCUT2D eigenvalue weighted by Gasteiger charge is -2.30. The Morgan fingerprint density at radius 3 is 2.55 bits per heavy atom. The Hall–Kier alpha value is -3.59. The van der Waals surface area contributed by atoms with Crippen LogP contribution in [0.25, 0.3) is 0 Å². The van der Waals surface area contributed by atoms with E-state index in [2.05, 4.69) is 0 Å². The van der Waals surface area contributed by atoms with E-state index in [0.717, 1.165) is 18.4 Å². The predicted octanol–water partition coefficient (Wildman–Crippen LogP) is 3.24. The van der Waals surface area contributed by atoms with Gasteiger partial charge in [0.05, 0.1) is 29.0 Å². The minimum atomic E-state index is -3.77. The van der Waals surface area contributed by atoms with Crippen LogP contribution in [-0.2, 0) is 32.5 Å². The summed E-state index contributed by atoms with van der Waals surface area (Å²) < 4.78 is 38.1. The summed E-state index contributed by atoms with van der Waals surface area (Å²) in [5, 5.41) is 0. The van der Waals surface area contributed by atoms with E-state index >= 15 is 0 Å². The number of carbonyl (C=O) groups is 2. The van der Waals surface area contributed by atoms with Crippen LogP contribution in [0.3, 0.4) is 0 Å². The lowest BCUT2D eigenvalue weighted by molar-refractivity contribution is -0.133. The summed E-state index contributed by atoms with van der Waals surface area (Å²) in [7, 11) is -2.19. The van der Waals surface area contributed by atoms with E-state index in [-0.39, 0.29) is 22.9 Å². The highest BCUT2D eigenvalue weighted by molar-refractivity contribution is 7.92. The molecule has 2 aromatic carbocycles. The molecule has 0 spiro atoms. The van der Waals surface area contributed by atoms with Gasteiger partial charge in [-0.15, -0.1) is 0 Å². The van der Waals surface area contributed by atoms with Gasteiger partial charge in [-0.2, -0.15) is 0 Å². The molecule has 33 heavy (non-hydrogen) atoms. The quantitative estimate of drug-likeness (QED) is 0.494. The molecular formula is C24H24N2O6S. The highest BCUT2D eigenvalue weighted by Crippen LogP contribution is 2.31. The van der Waals surface area contributed by atoms with E-state index in [9.17, 15) is 18.0 Å². The maximum atomic E-state index is 13.2. The molecule has 3 aromatic rings. The maximum Gasteiger partial charge on any atom is 0.338 e. The van der Waals surface area contributed by atoms with Crippen LogP contribution in [0.4, 0.5) is 5.69 Å². The van der Waals surface area contributed by atoms with E-state index in [4.69, 9.17) is 9.15 Å². The molecule has 172 valence electrons. The van der Waals surface area contributed by atoms with Crippen molar-refractivity contribution in [3.8, 4) is 0 Å². The first-order chi connectivity index (χ1) is 15.9. The second-order valence-corrected chi connectivity index (χ2v) is 9.60. The Morgan fingerprint density at radius 2 is 1.82 bits per heavy atom. The molecule has 1 aromatic heterocycles. The van der Waals surface area contributed by atoms with Crippen molar-refractivity contribution in [1.82, 2.24) is 4.90 Å². The number of benzene rings is 2. The van der Waals surface area contributed by atoms with Crippen molar-refractivity contribution < 1.29 is 27.2 Å². The third kappa shape index (κ3) is 4.93. The number of nitrogens with zero attached hydrogens (tertiary/aromatic N) is 2. The molecule has 4 rings (SSSR count). The number of fused-ring (bicyclic) bond motifs is 1. The average Bonchev–Trinajstić information content (AvgIpc) is 3.35.